The Bertz CT molecular complexity index is 935. The van der Waals surface area contributed by atoms with Crippen molar-refractivity contribution in [3.8, 4) is 10.4 Å². The van der Waals surface area contributed by atoms with Crippen LogP contribution >= 0.6 is 11.3 Å². The van der Waals surface area contributed by atoms with Gasteiger partial charge < -0.3 is 21.9 Å². The smallest absolute Gasteiger partial charge is 0.323 e. The molecule has 0 saturated heterocycles. The molecule has 0 unspecified atom stereocenters. The first-order chi connectivity index (χ1) is 14.8. The number of carbonyl (C=O) groups is 3. The molecule has 0 radical (unpaired) electrons. The minimum absolute atomic E-state index is 0.0390. The predicted octanol–water partition coefficient (Wildman–Crippen LogP) is 3.14. The van der Waals surface area contributed by atoms with Crippen LogP contribution in [0.1, 0.15) is 54.4 Å². The van der Waals surface area contributed by atoms with Gasteiger partial charge in [-0.05, 0) is 62.1 Å². The molecule has 1 aromatic heterocycles. The van der Waals surface area contributed by atoms with Gasteiger partial charge in [0, 0.05) is 4.88 Å². The zero-order chi connectivity index (χ0) is 22.4. The molecule has 1 heterocycles. The van der Waals surface area contributed by atoms with E-state index in [1.165, 1.54) is 11.3 Å². The first-order valence-electron chi connectivity index (χ1n) is 10.4. The summed E-state index contributed by atoms with van der Waals surface area (Å²) >= 11 is 1.23. The lowest BCUT2D eigenvalue weighted by Crippen LogP contribution is -2.34. The molecule has 3 amide bonds. The zero-order valence-electron chi connectivity index (χ0n) is 17.3. The number of urea groups is 1. The Kier molecular flexibility index (Phi) is 7.64. The highest BCUT2D eigenvalue weighted by Crippen LogP contribution is 2.35. The molecule has 31 heavy (non-hydrogen) atoms. The van der Waals surface area contributed by atoms with Gasteiger partial charge in [-0.3, -0.25) is 14.9 Å². The number of hydrogen-bond donors (Lipinski definition) is 4. The molecule has 8 nitrogen and oxygen atoms in total. The molecule has 1 aliphatic carbocycles. The molecule has 1 fully saturated rings. The van der Waals surface area contributed by atoms with E-state index in [1.807, 2.05) is 24.3 Å². The van der Waals surface area contributed by atoms with Crippen LogP contribution in [0, 0.1) is 0 Å². The summed E-state index contributed by atoms with van der Waals surface area (Å²) < 4.78 is 5.46. The Balaban J connectivity index is 1.53. The Hall–Kier alpha value is -2.91. The summed E-state index contributed by atoms with van der Waals surface area (Å²) in [5, 5.41) is 2.76. The first-order valence-corrected chi connectivity index (χ1v) is 11.2. The van der Waals surface area contributed by atoms with Crippen LogP contribution in [0.3, 0.4) is 0 Å². The van der Waals surface area contributed by atoms with E-state index in [-0.39, 0.29) is 17.6 Å². The molecule has 3 rings (SSSR count). The number of rotatable bonds is 9. The quantitative estimate of drug-likeness (QED) is 0.438. The van der Waals surface area contributed by atoms with E-state index >= 15 is 0 Å². The van der Waals surface area contributed by atoms with E-state index < -0.39 is 18.0 Å². The Morgan fingerprint density at radius 2 is 1.81 bits per heavy atom. The second-order valence-electron chi connectivity index (χ2n) is 7.75. The van der Waals surface area contributed by atoms with E-state index in [0.717, 1.165) is 54.5 Å². The van der Waals surface area contributed by atoms with Gasteiger partial charge in [0.25, 0.3) is 5.91 Å². The Labute approximate surface area is 185 Å². The van der Waals surface area contributed by atoms with E-state index in [0.29, 0.717) is 11.4 Å². The number of amides is 3. The third-order valence-corrected chi connectivity index (χ3v) is 6.44. The Morgan fingerprint density at radius 3 is 2.42 bits per heavy atom. The fraction of sp³-hybridized carbons (Fsp3) is 0.409. The summed E-state index contributed by atoms with van der Waals surface area (Å²) in [5.41, 5.74) is 18.8. The standard InChI is InChI=1S/C22H28N4O4S/c23-17(21(28)30-15-5-1-2-6-15)7-3-4-13-8-10-14(11-9-13)18-12-16(19(24)27)20(31-18)26-22(25)29/h8-12,15,17H,1-7,23H2,(H2,24,27)(H3,25,26,29)/t17-/m0/s1. The molecule has 0 spiro atoms. The number of nitrogens with one attached hydrogen (secondary N) is 1. The van der Waals surface area contributed by atoms with Gasteiger partial charge in [0.1, 0.15) is 17.1 Å². The van der Waals surface area contributed by atoms with Gasteiger partial charge in [0.15, 0.2) is 0 Å². The molecule has 2 aromatic rings. The number of carbonyl (C=O) groups excluding carboxylic acids is 3. The molecule has 1 atom stereocenters. The molecule has 7 N–H and O–H groups in total. The molecule has 166 valence electrons. The van der Waals surface area contributed by atoms with Crippen molar-refractivity contribution in [2.75, 3.05) is 5.32 Å². The minimum atomic E-state index is -0.753. The first kappa shape index (κ1) is 22.8. The fourth-order valence-electron chi connectivity index (χ4n) is 3.66. The zero-order valence-corrected chi connectivity index (χ0v) is 18.1. The van der Waals surface area contributed by atoms with E-state index in [2.05, 4.69) is 5.32 Å². The van der Waals surface area contributed by atoms with Crippen LogP contribution in [0.2, 0.25) is 0 Å². The van der Waals surface area contributed by atoms with Gasteiger partial charge >= 0.3 is 12.0 Å². The van der Waals surface area contributed by atoms with E-state index in [9.17, 15) is 14.4 Å². The summed E-state index contributed by atoms with van der Waals surface area (Å²) in [6, 6.07) is 8.15. The van der Waals surface area contributed by atoms with Crippen LogP contribution in [0.4, 0.5) is 9.80 Å². The van der Waals surface area contributed by atoms with Crippen molar-refractivity contribution in [3.63, 3.8) is 0 Å². The van der Waals surface area contributed by atoms with Gasteiger partial charge in [-0.2, -0.15) is 0 Å². The number of esters is 1. The fourth-order valence-corrected chi connectivity index (χ4v) is 4.73. The van der Waals surface area contributed by atoms with Crippen LogP contribution < -0.4 is 22.5 Å². The van der Waals surface area contributed by atoms with Crippen LogP contribution in [0.25, 0.3) is 10.4 Å². The number of thiophene rings is 1. The normalized spacial score (nSPS) is 14.9. The van der Waals surface area contributed by atoms with Gasteiger partial charge in [-0.1, -0.05) is 24.3 Å². The summed E-state index contributed by atoms with van der Waals surface area (Å²) in [4.78, 5) is 35.6. The van der Waals surface area contributed by atoms with Crippen LogP contribution in [0.5, 0.6) is 0 Å². The maximum absolute atomic E-state index is 12.1. The van der Waals surface area contributed by atoms with Crippen molar-refractivity contribution in [2.45, 2.75) is 57.1 Å². The monoisotopic (exact) mass is 444 g/mol. The lowest BCUT2D eigenvalue weighted by atomic mass is 10.0. The third kappa shape index (κ3) is 6.28. The van der Waals surface area contributed by atoms with E-state index in [1.54, 1.807) is 6.07 Å². The molecule has 1 aromatic carbocycles. The highest BCUT2D eigenvalue weighted by molar-refractivity contribution is 7.20. The van der Waals surface area contributed by atoms with Crippen molar-refractivity contribution >= 4 is 34.2 Å². The summed E-state index contributed by atoms with van der Waals surface area (Å²) in [7, 11) is 0. The van der Waals surface area contributed by atoms with Crippen LogP contribution in [-0.2, 0) is 16.0 Å². The van der Waals surface area contributed by atoms with Crippen LogP contribution in [0.15, 0.2) is 30.3 Å². The lowest BCUT2D eigenvalue weighted by molar-refractivity contribution is -0.150. The minimum Gasteiger partial charge on any atom is -0.461 e. The van der Waals surface area contributed by atoms with Gasteiger partial charge in [-0.15, -0.1) is 11.3 Å². The maximum Gasteiger partial charge on any atom is 0.323 e. The lowest BCUT2D eigenvalue weighted by Gasteiger charge is -2.15. The predicted molar refractivity (Wildman–Crippen MR) is 121 cm³/mol. The van der Waals surface area contributed by atoms with Crippen LogP contribution in [-0.4, -0.2) is 30.1 Å². The van der Waals surface area contributed by atoms with Gasteiger partial charge in [-0.25, -0.2) is 4.79 Å². The third-order valence-electron chi connectivity index (χ3n) is 5.34. The van der Waals surface area contributed by atoms with Crippen molar-refractivity contribution in [1.29, 1.82) is 0 Å². The summed E-state index contributed by atoms with van der Waals surface area (Å²) in [6.07, 6.45) is 6.28. The van der Waals surface area contributed by atoms with Gasteiger partial charge in [0.05, 0.1) is 5.56 Å². The number of nitrogens with two attached hydrogens (primary N) is 3. The Morgan fingerprint density at radius 1 is 1.13 bits per heavy atom. The number of anilines is 1. The molecule has 9 heteroatoms. The summed E-state index contributed by atoms with van der Waals surface area (Å²) in [6.45, 7) is 0. The average Bonchev–Trinajstić information content (AvgIpc) is 3.38. The van der Waals surface area contributed by atoms with Crippen molar-refractivity contribution in [3.05, 3.63) is 41.5 Å². The maximum atomic E-state index is 12.1. The molecule has 0 bridgehead atoms. The number of benzene rings is 1. The molecule has 0 aliphatic heterocycles. The average molecular weight is 445 g/mol. The number of hydrogen-bond acceptors (Lipinski definition) is 6. The SMILES string of the molecule is NC(=O)Nc1sc(-c2ccc(CCC[C@H](N)C(=O)OC3CCCC3)cc2)cc1C(N)=O. The second kappa shape index (κ2) is 10.4. The van der Waals surface area contributed by atoms with Gasteiger partial charge in [0.2, 0.25) is 0 Å². The van der Waals surface area contributed by atoms with E-state index in [4.69, 9.17) is 21.9 Å². The van der Waals surface area contributed by atoms with Crippen molar-refractivity contribution < 1.29 is 19.1 Å². The number of ether oxygens (including phenoxy) is 1. The number of aryl methyl sites for hydroxylation is 1. The molecular weight excluding hydrogens is 416 g/mol. The van der Waals surface area contributed by atoms with Crippen molar-refractivity contribution in [1.82, 2.24) is 0 Å². The van der Waals surface area contributed by atoms with Crippen molar-refractivity contribution in [2.24, 2.45) is 17.2 Å². The summed E-state index contributed by atoms with van der Waals surface area (Å²) in [5.74, 6) is -0.934. The largest absolute Gasteiger partial charge is 0.461 e. The topological polar surface area (TPSA) is 151 Å². The molecular formula is C22H28N4O4S. The molecule has 1 aliphatic rings. The molecule has 1 saturated carbocycles. The second-order valence-corrected chi connectivity index (χ2v) is 8.80. The highest BCUT2D eigenvalue weighted by Gasteiger charge is 2.23. The number of primary amides is 2. The highest BCUT2D eigenvalue weighted by atomic mass is 32.1.